The molecule has 0 spiro atoms. The van der Waals surface area contributed by atoms with Crippen LogP contribution in [0.4, 0.5) is 0 Å². The predicted molar refractivity (Wildman–Crippen MR) is 107 cm³/mol. The summed E-state index contributed by atoms with van der Waals surface area (Å²) in [6, 6.07) is 7.04. The number of rotatable bonds is 3. The Bertz CT molecular complexity index is 709. The number of aromatic hydroxyl groups is 1. The van der Waals surface area contributed by atoms with Crippen molar-refractivity contribution in [3.05, 3.63) is 29.8 Å². The van der Waals surface area contributed by atoms with Crippen LogP contribution >= 0.6 is 0 Å². The molecule has 1 aromatic rings. The lowest BCUT2D eigenvalue weighted by molar-refractivity contribution is -0.136. The van der Waals surface area contributed by atoms with Gasteiger partial charge in [-0.15, -0.1) is 0 Å². The second-order valence-electron chi connectivity index (χ2n) is 8.44. The predicted octanol–water partition coefficient (Wildman–Crippen LogP) is 2.33. The number of hydrogen-bond acceptors (Lipinski definition) is 4. The van der Waals surface area contributed by atoms with Crippen LogP contribution in [0.15, 0.2) is 24.3 Å². The van der Waals surface area contributed by atoms with Crippen molar-refractivity contribution in [2.45, 2.75) is 44.6 Å². The Hall–Kier alpha value is -2.08. The molecular formula is C22H31N3O3. The van der Waals surface area contributed by atoms with Gasteiger partial charge in [0, 0.05) is 44.3 Å². The highest BCUT2D eigenvalue weighted by atomic mass is 16.3. The fourth-order valence-corrected chi connectivity index (χ4v) is 4.99. The molecule has 0 bridgehead atoms. The summed E-state index contributed by atoms with van der Waals surface area (Å²) in [5.74, 6) is 0.635. The molecule has 2 amide bonds. The SMILES string of the molecule is O=C(c1cccc(O)c1)N1CCC(N2CCC[C@H](C(=O)N3CCCC3)C2)CC1. The molecule has 0 aliphatic carbocycles. The highest BCUT2D eigenvalue weighted by Gasteiger charge is 2.34. The fourth-order valence-electron chi connectivity index (χ4n) is 4.99. The number of nitrogens with zero attached hydrogens (tertiary/aromatic N) is 3. The molecule has 3 aliphatic heterocycles. The molecule has 3 saturated heterocycles. The average molecular weight is 386 g/mol. The highest BCUT2D eigenvalue weighted by molar-refractivity contribution is 5.94. The van der Waals surface area contributed by atoms with Crippen molar-refractivity contribution < 1.29 is 14.7 Å². The van der Waals surface area contributed by atoms with E-state index < -0.39 is 0 Å². The number of benzene rings is 1. The van der Waals surface area contributed by atoms with Crippen molar-refractivity contribution >= 4 is 11.8 Å². The van der Waals surface area contributed by atoms with Gasteiger partial charge in [0.2, 0.25) is 5.91 Å². The zero-order chi connectivity index (χ0) is 19.5. The quantitative estimate of drug-likeness (QED) is 0.867. The summed E-state index contributed by atoms with van der Waals surface area (Å²) in [6.07, 6.45) is 6.30. The van der Waals surface area contributed by atoms with E-state index in [1.807, 2.05) is 4.90 Å². The van der Waals surface area contributed by atoms with Crippen LogP contribution in [-0.4, -0.2) is 76.9 Å². The molecule has 1 aromatic carbocycles. The second-order valence-corrected chi connectivity index (χ2v) is 8.44. The molecule has 3 fully saturated rings. The Morgan fingerprint density at radius 3 is 2.36 bits per heavy atom. The van der Waals surface area contributed by atoms with Gasteiger partial charge in [-0.2, -0.15) is 0 Å². The summed E-state index contributed by atoms with van der Waals surface area (Å²) in [4.78, 5) is 31.9. The largest absolute Gasteiger partial charge is 0.508 e. The summed E-state index contributed by atoms with van der Waals surface area (Å²) in [6.45, 7) is 5.28. The summed E-state index contributed by atoms with van der Waals surface area (Å²) in [5.41, 5.74) is 0.549. The molecule has 3 heterocycles. The van der Waals surface area contributed by atoms with Crippen LogP contribution in [0.5, 0.6) is 5.75 Å². The van der Waals surface area contributed by atoms with Crippen LogP contribution in [0.2, 0.25) is 0 Å². The van der Waals surface area contributed by atoms with E-state index in [4.69, 9.17) is 0 Å². The Balaban J connectivity index is 1.30. The van der Waals surface area contributed by atoms with Crippen LogP contribution < -0.4 is 0 Å². The van der Waals surface area contributed by atoms with E-state index in [1.165, 1.54) is 6.07 Å². The van der Waals surface area contributed by atoms with Crippen molar-refractivity contribution in [3.63, 3.8) is 0 Å². The standard InChI is InChI=1S/C22H31N3O3/c26-20-7-3-5-17(15-20)21(27)24-13-8-19(9-14-24)25-12-4-6-18(16-25)22(28)23-10-1-2-11-23/h3,5,7,15,18-19,26H,1-2,4,6,8-14,16H2/t18-/m0/s1. The molecule has 0 aromatic heterocycles. The zero-order valence-corrected chi connectivity index (χ0v) is 16.6. The molecule has 28 heavy (non-hydrogen) atoms. The first-order valence-electron chi connectivity index (χ1n) is 10.7. The molecule has 0 saturated carbocycles. The smallest absolute Gasteiger partial charge is 0.253 e. The Morgan fingerprint density at radius 2 is 1.64 bits per heavy atom. The lowest BCUT2D eigenvalue weighted by atomic mass is 9.92. The first kappa shape index (κ1) is 19.2. The molecule has 4 rings (SSSR count). The van der Waals surface area contributed by atoms with Gasteiger partial charge in [-0.3, -0.25) is 14.5 Å². The van der Waals surface area contributed by atoms with E-state index >= 15 is 0 Å². The van der Waals surface area contributed by atoms with Crippen molar-refractivity contribution in [1.82, 2.24) is 14.7 Å². The van der Waals surface area contributed by atoms with E-state index in [0.29, 0.717) is 17.5 Å². The summed E-state index contributed by atoms with van der Waals surface area (Å²) in [7, 11) is 0. The minimum Gasteiger partial charge on any atom is -0.508 e. The van der Waals surface area contributed by atoms with Gasteiger partial charge in [-0.1, -0.05) is 6.07 Å². The van der Waals surface area contributed by atoms with E-state index in [2.05, 4.69) is 9.80 Å². The normalized spacial score (nSPS) is 24.5. The number of piperidine rings is 2. The minimum absolute atomic E-state index is 0.00455. The topological polar surface area (TPSA) is 64.1 Å². The third-order valence-electron chi connectivity index (χ3n) is 6.58. The van der Waals surface area contributed by atoms with E-state index in [9.17, 15) is 14.7 Å². The van der Waals surface area contributed by atoms with Crippen molar-refractivity contribution in [2.24, 2.45) is 5.92 Å². The van der Waals surface area contributed by atoms with E-state index in [-0.39, 0.29) is 17.6 Å². The second kappa shape index (κ2) is 8.52. The molecular weight excluding hydrogens is 354 g/mol. The molecule has 3 aliphatic rings. The van der Waals surface area contributed by atoms with Crippen LogP contribution in [0.3, 0.4) is 0 Å². The molecule has 6 nitrogen and oxygen atoms in total. The van der Waals surface area contributed by atoms with Crippen LogP contribution in [-0.2, 0) is 4.79 Å². The van der Waals surface area contributed by atoms with Gasteiger partial charge in [-0.05, 0) is 63.3 Å². The Labute approximate surface area is 167 Å². The average Bonchev–Trinajstić information content (AvgIpc) is 3.28. The fraction of sp³-hybridized carbons (Fsp3) is 0.636. The number of hydrogen-bond donors (Lipinski definition) is 1. The van der Waals surface area contributed by atoms with Gasteiger partial charge in [0.05, 0.1) is 5.92 Å². The van der Waals surface area contributed by atoms with E-state index in [1.54, 1.807) is 18.2 Å². The summed E-state index contributed by atoms with van der Waals surface area (Å²) < 4.78 is 0. The molecule has 1 N–H and O–H groups in total. The number of phenols is 1. The monoisotopic (exact) mass is 385 g/mol. The molecule has 1 atom stereocenters. The van der Waals surface area contributed by atoms with Crippen molar-refractivity contribution in [3.8, 4) is 5.75 Å². The molecule has 0 radical (unpaired) electrons. The molecule has 6 heteroatoms. The van der Waals surface area contributed by atoms with E-state index in [0.717, 1.165) is 77.8 Å². The number of amides is 2. The van der Waals surface area contributed by atoms with Gasteiger partial charge < -0.3 is 14.9 Å². The van der Waals surface area contributed by atoms with Crippen LogP contribution in [0, 0.1) is 5.92 Å². The number of carbonyl (C=O) groups is 2. The lowest BCUT2D eigenvalue weighted by Gasteiger charge is -2.42. The highest BCUT2D eigenvalue weighted by Crippen LogP contribution is 2.27. The third kappa shape index (κ3) is 4.17. The van der Waals surface area contributed by atoms with Crippen molar-refractivity contribution in [2.75, 3.05) is 39.3 Å². The number of carbonyl (C=O) groups excluding carboxylic acids is 2. The maximum atomic E-state index is 12.8. The van der Waals surface area contributed by atoms with Crippen LogP contribution in [0.25, 0.3) is 0 Å². The van der Waals surface area contributed by atoms with Crippen molar-refractivity contribution in [1.29, 1.82) is 0 Å². The third-order valence-corrected chi connectivity index (χ3v) is 6.58. The zero-order valence-electron chi connectivity index (χ0n) is 16.6. The Kier molecular flexibility index (Phi) is 5.85. The first-order valence-corrected chi connectivity index (χ1v) is 10.7. The molecule has 152 valence electrons. The summed E-state index contributed by atoms with van der Waals surface area (Å²) >= 11 is 0. The lowest BCUT2D eigenvalue weighted by Crippen LogP contribution is -2.51. The van der Waals surface area contributed by atoms with Crippen LogP contribution in [0.1, 0.15) is 48.9 Å². The number of phenolic OH excluding ortho intramolecular Hbond substituents is 1. The maximum Gasteiger partial charge on any atom is 0.253 e. The summed E-state index contributed by atoms with van der Waals surface area (Å²) in [5, 5.41) is 9.61. The van der Waals surface area contributed by atoms with Gasteiger partial charge in [-0.25, -0.2) is 0 Å². The number of likely N-dealkylation sites (tertiary alicyclic amines) is 3. The minimum atomic E-state index is -0.00455. The van der Waals surface area contributed by atoms with Gasteiger partial charge in [0.15, 0.2) is 0 Å². The molecule has 0 unspecified atom stereocenters. The van der Waals surface area contributed by atoms with Gasteiger partial charge >= 0.3 is 0 Å². The maximum absolute atomic E-state index is 12.8. The van der Waals surface area contributed by atoms with Gasteiger partial charge in [0.1, 0.15) is 5.75 Å². The first-order chi connectivity index (χ1) is 13.6. The van der Waals surface area contributed by atoms with Gasteiger partial charge in [0.25, 0.3) is 5.91 Å². The Morgan fingerprint density at radius 1 is 0.893 bits per heavy atom.